The fraction of sp³-hybridized carbons (Fsp3) is 0.533. The molecule has 1 aliphatic heterocycles. The monoisotopic (exact) mass is 331 g/mol. The number of hydrogen-bond acceptors (Lipinski definition) is 4. The number of rotatable bonds is 3. The SMILES string of the molecule is CC1CN(C(C)C(=O)Nc2ccc(N)c(C(F)(F)F)c2)CCO1. The molecule has 1 aromatic rings. The van der Waals surface area contributed by atoms with Crippen LogP contribution >= 0.6 is 0 Å². The van der Waals surface area contributed by atoms with Crippen LogP contribution < -0.4 is 11.1 Å². The molecule has 1 heterocycles. The summed E-state index contributed by atoms with van der Waals surface area (Å²) < 4.78 is 43.9. The lowest BCUT2D eigenvalue weighted by Gasteiger charge is -2.34. The van der Waals surface area contributed by atoms with Gasteiger partial charge in [0.2, 0.25) is 5.91 Å². The van der Waals surface area contributed by atoms with E-state index in [1.165, 1.54) is 6.07 Å². The minimum atomic E-state index is -4.56. The van der Waals surface area contributed by atoms with Crippen LogP contribution in [-0.4, -0.2) is 42.6 Å². The topological polar surface area (TPSA) is 67.6 Å². The average molecular weight is 331 g/mol. The van der Waals surface area contributed by atoms with Crippen molar-refractivity contribution in [1.82, 2.24) is 4.90 Å². The molecular formula is C15H20F3N3O2. The largest absolute Gasteiger partial charge is 0.418 e. The average Bonchev–Trinajstić information content (AvgIpc) is 2.47. The first-order valence-electron chi connectivity index (χ1n) is 7.31. The Kier molecular flexibility index (Phi) is 5.16. The number of carbonyl (C=O) groups excluding carboxylic acids is 1. The second-order valence-electron chi connectivity index (χ2n) is 5.64. The van der Waals surface area contributed by atoms with Crippen LogP contribution in [0, 0.1) is 0 Å². The van der Waals surface area contributed by atoms with Gasteiger partial charge in [-0.05, 0) is 32.0 Å². The Morgan fingerprint density at radius 3 is 2.78 bits per heavy atom. The highest BCUT2D eigenvalue weighted by molar-refractivity contribution is 5.94. The fourth-order valence-electron chi connectivity index (χ4n) is 2.49. The molecule has 128 valence electrons. The van der Waals surface area contributed by atoms with Crippen LogP contribution in [0.2, 0.25) is 0 Å². The van der Waals surface area contributed by atoms with E-state index in [-0.39, 0.29) is 23.4 Å². The van der Waals surface area contributed by atoms with Gasteiger partial charge in [-0.25, -0.2) is 0 Å². The third-order valence-electron chi connectivity index (χ3n) is 3.83. The van der Waals surface area contributed by atoms with Crippen molar-refractivity contribution >= 4 is 17.3 Å². The maximum absolute atomic E-state index is 12.8. The number of nitrogens with two attached hydrogens (primary N) is 1. The lowest BCUT2D eigenvalue weighted by molar-refractivity contribution is -0.137. The van der Waals surface area contributed by atoms with Crippen molar-refractivity contribution in [3.63, 3.8) is 0 Å². The molecule has 0 spiro atoms. The van der Waals surface area contributed by atoms with E-state index >= 15 is 0 Å². The number of carbonyl (C=O) groups is 1. The molecule has 0 bridgehead atoms. The molecule has 0 saturated carbocycles. The molecule has 1 amide bonds. The van der Waals surface area contributed by atoms with Gasteiger partial charge in [0.15, 0.2) is 0 Å². The molecule has 3 N–H and O–H groups in total. The number of hydrogen-bond donors (Lipinski definition) is 2. The Balaban J connectivity index is 2.08. The highest BCUT2D eigenvalue weighted by atomic mass is 19.4. The third-order valence-corrected chi connectivity index (χ3v) is 3.83. The number of alkyl halides is 3. The molecule has 2 rings (SSSR count). The molecule has 1 aliphatic rings. The first kappa shape index (κ1) is 17.6. The highest BCUT2D eigenvalue weighted by Crippen LogP contribution is 2.35. The normalized spacial score (nSPS) is 21.0. The number of nitrogens with one attached hydrogen (secondary N) is 1. The van der Waals surface area contributed by atoms with Crippen LogP contribution in [-0.2, 0) is 15.7 Å². The van der Waals surface area contributed by atoms with Crippen molar-refractivity contribution in [2.24, 2.45) is 0 Å². The predicted molar refractivity (Wildman–Crippen MR) is 80.9 cm³/mol. The van der Waals surface area contributed by atoms with Crippen LogP contribution in [0.1, 0.15) is 19.4 Å². The van der Waals surface area contributed by atoms with Gasteiger partial charge in [0.25, 0.3) is 0 Å². The summed E-state index contributed by atoms with van der Waals surface area (Å²) in [6.45, 7) is 5.36. The molecule has 2 unspecified atom stereocenters. The number of benzene rings is 1. The molecule has 0 radical (unpaired) electrons. The Morgan fingerprint density at radius 1 is 1.48 bits per heavy atom. The Bertz CT molecular complexity index is 578. The summed E-state index contributed by atoms with van der Waals surface area (Å²) in [5, 5.41) is 2.52. The van der Waals surface area contributed by atoms with E-state index in [1.807, 2.05) is 11.8 Å². The van der Waals surface area contributed by atoms with Gasteiger partial charge in [-0.15, -0.1) is 0 Å². The zero-order valence-corrected chi connectivity index (χ0v) is 13.0. The van der Waals surface area contributed by atoms with E-state index < -0.39 is 17.8 Å². The van der Waals surface area contributed by atoms with E-state index in [9.17, 15) is 18.0 Å². The van der Waals surface area contributed by atoms with Gasteiger partial charge in [-0.3, -0.25) is 9.69 Å². The van der Waals surface area contributed by atoms with Gasteiger partial charge in [-0.1, -0.05) is 0 Å². The number of halogens is 3. The van der Waals surface area contributed by atoms with Crippen LogP contribution in [0.3, 0.4) is 0 Å². The van der Waals surface area contributed by atoms with Gasteiger partial charge in [-0.2, -0.15) is 13.2 Å². The fourth-order valence-corrected chi connectivity index (χ4v) is 2.49. The molecule has 1 aromatic carbocycles. The second kappa shape index (κ2) is 6.76. The zero-order chi connectivity index (χ0) is 17.2. The molecule has 8 heteroatoms. The molecule has 2 atom stereocenters. The number of morpholine rings is 1. The van der Waals surface area contributed by atoms with Crippen LogP contribution in [0.25, 0.3) is 0 Å². The maximum Gasteiger partial charge on any atom is 0.418 e. The summed E-state index contributed by atoms with van der Waals surface area (Å²) in [5.74, 6) is -0.364. The molecule has 23 heavy (non-hydrogen) atoms. The van der Waals surface area contributed by atoms with Crippen molar-refractivity contribution in [1.29, 1.82) is 0 Å². The molecule has 5 nitrogen and oxygen atoms in total. The summed E-state index contributed by atoms with van der Waals surface area (Å²) in [5.41, 5.74) is 4.09. The lowest BCUT2D eigenvalue weighted by atomic mass is 10.1. The third kappa shape index (κ3) is 4.35. The zero-order valence-electron chi connectivity index (χ0n) is 13.0. The van der Waals surface area contributed by atoms with Crippen molar-refractivity contribution in [3.8, 4) is 0 Å². The van der Waals surface area contributed by atoms with Crippen LogP contribution in [0.5, 0.6) is 0 Å². The van der Waals surface area contributed by atoms with E-state index in [1.54, 1.807) is 6.92 Å². The minimum absolute atomic E-state index is 0.0207. The highest BCUT2D eigenvalue weighted by Gasteiger charge is 2.33. The summed E-state index contributed by atoms with van der Waals surface area (Å²) in [7, 11) is 0. The number of amides is 1. The maximum atomic E-state index is 12.8. The van der Waals surface area contributed by atoms with Gasteiger partial charge in [0.1, 0.15) is 0 Å². The van der Waals surface area contributed by atoms with Crippen molar-refractivity contribution in [2.45, 2.75) is 32.2 Å². The van der Waals surface area contributed by atoms with Gasteiger partial charge < -0.3 is 15.8 Å². The molecule has 1 fully saturated rings. The summed E-state index contributed by atoms with van der Waals surface area (Å²) >= 11 is 0. The van der Waals surface area contributed by atoms with Gasteiger partial charge in [0.05, 0.1) is 24.3 Å². The van der Waals surface area contributed by atoms with Crippen LogP contribution in [0.4, 0.5) is 24.5 Å². The van der Waals surface area contributed by atoms with Crippen molar-refractivity contribution in [2.75, 3.05) is 30.7 Å². The van der Waals surface area contributed by atoms with Gasteiger partial charge >= 0.3 is 6.18 Å². The smallest absolute Gasteiger partial charge is 0.398 e. The number of anilines is 2. The molecule has 0 aliphatic carbocycles. The Labute approximate surface area is 132 Å². The lowest BCUT2D eigenvalue weighted by Crippen LogP contribution is -2.50. The van der Waals surface area contributed by atoms with Crippen molar-refractivity contribution in [3.05, 3.63) is 23.8 Å². The summed E-state index contributed by atoms with van der Waals surface area (Å²) in [4.78, 5) is 14.2. The predicted octanol–water partition coefficient (Wildman–Crippen LogP) is 2.34. The Morgan fingerprint density at radius 2 is 2.17 bits per heavy atom. The molecule has 0 aromatic heterocycles. The number of ether oxygens (including phenoxy) is 1. The minimum Gasteiger partial charge on any atom is -0.398 e. The van der Waals surface area contributed by atoms with E-state index in [2.05, 4.69) is 5.32 Å². The van der Waals surface area contributed by atoms with E-state index in [0.29, 0.717) is 19.7 Å². The molecular weight excluding hydrogens is 311 g/mol. The van der Waals surface area contributed by atoms with E-state index in [4.69, 9.17) is 10.5 Å². The number of nitrogens with zero attached hydrogens (tertiary/aromatic N) is 1. The summed E-state index contributed by atoms with van der Waals surface area (Å²) in [6, 6.07) is 2.88. The summed E-state index contributed by atoms with van der Waals surface area (Å²) in [6.07, 6.45) is -4.54. The first-order chi connectivity index (χ1) is 10.7. The number of nitrogen functional groups attached to an aromatic ring is 1. The van der Waals surface area contributed by atoms with E-state index in [0.717, 1.165) is 12.1 Å². The van der Waals surface area contributed by atoms with Crippen molar-refractivity contribution < 1.29 is 22.7 Å². The van der Waals surface area contributed by atoms with Gasteiger partial charge in [0, 0.05) is 24.5 Å². The Hall–Kier alpha value is -1.80. The standard InChI is InChI=1S/C15H20F3N3O2/c1-9-8-21(5-6-23-9)10(2)14(22)20-11-3-4-13(19)12(7-11)15(16,17)18/h3-4,7,9-10H,5-6,8,19H2,1-2H3,(H,20,22). The first-order valence-corrected chi connectivity index (χ1v) is 7.31. The second-order valence-corrected chi connectivity index (χ2v) is 5.64. The quantitative estimate of drug-likeness (QED) is 0.834. The van der Waals surface area contributed by atoms with Crippen LogP contribution in [0.15, 0.2) is 18.2 Å². The molecule has 1 saturated heterocycles.